The van der Waals surface area contributed by atoms with Crippen molar-refractivity contribution in [1.29, 1.82) is 0 Å². The number of nitrogens with zero attached hydrogens (tertiary/aromatic N) is 3. The van der Waals surface area contributed by atoms with Crippen LogP contribution in [0.4, 0.5) is 11.5 Å². The Labute approximate surface area is 160 Å². The number of methoxy groups -OCH3 is 1. The molecule has 1 aromatic carbocycles. The maximum Gasteiger partial charge on any atom is 0.189 e. The van der Waals surface area contributed by atoms with Gasteiger partial charge in [-0.1, -0.05) is 0 Å². The Morgan fingerprint density at radius 1 is 1.46 bits per heavy atom. The summed E-state index contributed by atoms with van der Waals surface area (Å²) in [4.78, 5) is 23.2. The number of rotatable bonds is 5. The van der Waals surface area contributed by atoms with Gasteiger partial charge in [-0.2, -0.15) is 0 Å². The van der Waals surface area contributed by atoms with Crippen molar-refractivity contribution in [1.82, 2.24) is 9.97 Å². The number of benzene rings is 1. The third kappa shape index (κ3) is 4.13. The molecule has 1 atom stereocenters. The van der Waals surface area contributed by atoms with Gasteiger partial charge in [0.25, 0.3) is 0 Å². The van der Waals surface area contributed by atoms with E-state index in [1.807, 2.05) is 18.2 Å². The van der Waals surface area contributed by atoms with Gasteiger partial charge >= 0.3 is 0 Å². The molecular formula is C18H22BrN5O2. The molecule has 0 aliphatic carbocycles. The van der Waals surface area contributed by atoms with Crippen molar-refractivity contribution < 1.29 is 9.53 Å². The summed E-state index contributed by atoms with van der Waals surface area (Å²) < 4.78 is 5.81. The number of carbonyl (C=O) groups excluding carboxylic acids is 1. The highest BCUT2D eigenvalue weighted by Crippen LogP contribution is 2.29. The summed E-state index contributed by atoms with van der Waals surface area (Å²) in [7, 11) is 1.61. The van der Waals surface area contributed by atoms with Crippen molar-refractivity contribution in [3.05, 3.63) is 40.3 Å². The molecule has 3 rings (SSSR count). The van der Waals surface area contributed by atoms with E-state index >= 15 is 0 Å². The van der Waals surface area contributed by atoms with Crippen molar-refractivity contribution in [2.45, 2.75) is 25.3 Å². The Morgan fingerprint density at radius 2 is 2.27 bits per heavy atom. The normalized spacial score (nSPS) is 17.2. The highest BCUT2D eigenvalue weighted by molar-refractivity contribution is 9.10. The Kier molecular flexibility index (Phi) is 5.73. The number of halogens is 1. The van der Waals surface area contributed by atoms with Gasteiger partial charge in [0, 0.05) is 31.2 Å². The summed E-state index contributed by atoms with van der Waals surface area (Å²) in [6.07, 6.45) is 3.68. The largest absolute Gasteiger partial charge is 0.497 e. The Balaban J connectivity index is 1.92. The first-order valence-electron chi connectivity index (χ1n) is 8.46. The molecule has 1 aliphatic rings. The average molecular weight is 420 g/mol. The predicted octanol–water partition coefficient (Wildman–Crippen LogP) is 2.18. The molecule has 138 valence electrons. The molecule has 1 unspecified atom stereocenters. The number of nitrogen functional groups attached to an aromatic ring is 1. The van der Waals surface area contributed by atoms with Gasteiger partial charge in [-0.05, 0) is 52.5 Å². The second-order valence-corrected chi connectivity index (χ2v) is 7.18. The number of nitrogens with two attached hydrogens (primary N) is 2. The summed E-state index contributed by atoms with van der Waals surface area (Å²) in [5.74, 6) is 0.640. The van der Waals surface area contributed by atoms with Crippen LogP contribution in [0.25, 0.3) is 0 Å². The van der Waals surface area contributed by atoms with Gasteiger partial charge in [0.1, 0.15) is 16.0 Å². The minimum atomic E-state index is -0.188. The molecule has 26 heavy (non-hydrogen) atoms. The number of ketones is 1. The molecule has 2 heterocycles. The van der Waals surface area contributed by atoms with Gasteiger partial charge < -0.3 is 21.1 Å². The van der Waals surface area contributed by atoms with Gasteiger partial charge in [-0.15, -0.1) is 0 Å². The average Bonchev–Trinajstić information content (AvgIpc) is 2.63. The molecule has 0 saturated carbocycles. The highest BCUT2D eigenvalue weighted by atomic mass is 79.9. The van der Waals surface area contributed by atoms with Gasteiger partial charge in [0.2, 0.25) is 0 Å². The van der Waals surface area contributed by atoms with E-state index in [-0.39, 0.29) is 29.8 Å². The predicted molar refractivity (Wildman–Crippen MR) is 105 cm³/mol. The fraction of sp³-hybridized carbons (Fsp3) is 0.389. The maximum atomic E-state index is 12.8. The molecule has 1 fully saturated rings. The quantitative estimate of drug-likeness (QED) is 0.714. The minimum Gasteiger partial charge on any atom is -0.497 e. The van der Waals surface area contributed by atoms with Crippen LogP contribution < -0.4 is 21.1 Å². The number of hydrogen-bond donors (Lipinski definition) is 2. The Bertz CT molecular complexity index is 814. The van der Waals surface area contributed by atoms with E-state index in [1.54, 1.807) is 7.11 Å². The number of ether oxygens (including phenoxy) is 1. The Morgan fingerprint density at radius 3 is 3.00 bits per heavy atom. The van der Waals surface area contributed by atoms with Gasteiger partial charge in [0.15, 0.2) is 11.6 Å². The van der Waals surface area contributed by atoms with Crippen molar-refractivity contribution in [3.8, 4) is 5.75 Å². The molecule has 4 N–H and O–H groups in total. The van der Waals surface area contributed by atoms with Gasteiger partial charge in [0.05, 0.1) is 13.3 Å². The number of aromatic nitrogens is 2. The van der Waals surface area contributed by atoms with Crippen molar-refractivity contribution in [3.63, 3.8) is 0 Å². The SMILES string of the molecule is COc1ccc(N2CCCC(N)C2)c(CC(=O)c2nc(Br)cnc2N)c1. The van der Waals surface area contributed by atoms with Crippen molar-refractivity contribution in [2.75, 3.05) is 30.8 Å². The summed E-state index contributed by atoms with van der Waals surface area (Å²) in [5.41, 5.74) is 14.0. The van der Waals surface area contributed by atoms with Crippen LogP contribution in [-0.4, -0.2) is 42.0 Å². The third-order valence-corrected chi connectivity index (χ3v) is 4.85. The molecular weight excluding hydrogens is 398 g/mol. The lowest BCUT2D eigenvalue weighted by atomic mass is 10.0. The smallest absolute Gasteiger partial charge is 0.189 e. The van der Waals surface area contributed by atoms with Crippen LogP contribution in [0.3, 0.4) is 0 Å². The second-order valence-electron chi connectivity index (χ2n) is 6.37. The van der Waals surface area contributed by atoms with E-state index in [0.29, 0.717) is 10.4 Å². The molecule has 2 aromatic rings. The first kappa shape index (κ1) is 18.6. The van der Waals surface area contributed by atoms with Gasteiger partial charge in [-0.3, -0.25) is 4.79 Å². The number of hydrogen-bond acceptors (Lipinski definition) is 7. The number of carbonyl (C=O) groups is 1. The van der Waals surface area contributed by atoms with E-state index in [0.717, 1.165) is 37.2 Å². The monoisotopic (exact) mass is 419 g/mol. The van der Waals surface area contributed by atoms with E-state index in [4.69, 9.17) is 16.2 Å². The fourth-order valence-corrected chi connectivity index (χ4v) is 3.49. The first-order chi connectivity index (χ1) is 12.5. The molecule has 8 heteroatoms. The molecule has 7 nitrogen and oxygen atoms in total. The van der Waals surface area contributed by atoms with E-state index in [1.165, 1.54) is 6.20 Å². The van der Waals surface area contributed by atoms with Crippen LogP contribution in [0.2, 0.25) is 0 Å². The highest BCUT2D eigenvalue weighted by Gasteiger charge is 2.22. The number of piperidine rings is 1. The third-order valence-electron chi connectivity index (χ3n) is 4.47. The van der Waals surface area contributed by atoms with Crippen molar-refractivity contribution in [2.24, 2.45) is 5.73 Å². The first-order valence-corrected chi connectivity index (χ1v) is 9.26. The van der Waals surface area contributed by atoms with E-state index < -0.39 is 0 Å². The van der Waals surface area contributed by atoms with Gasteiger partial charge in [-0.25, -0.2) is 9.97 Å². The topological polar surface area (TPSA) is 107 Å². The zero-order valence-electron chi connectivity index (χ0n) is 14.6. The summed E-state index contributed by atoms with van der Waals surface area (Å²) >= 11 is 3.23. The van der Waals surface area contributed by atoms with Crippen LogP contribution in [0.1, 0.15) is 28.9 Å². The summed E-state index contributed by atoms with van der Waals surface area (Å²) in [5, 5.41) is 0. The lowest BCUT2D eigenvalue weighted by molar-refractivity contribution is 0.0988. The molecule has 1 saturated heterocycles. The van der Waals surface area contributed by atoms with Crippen LogP contribution in [0.15, 0.2) is 29.0 Å². The molecule has 0 spiro atoms. The second kappa shape index (κ2) is 8.01. The molecule has 0 bridgehead atoms. The lowest BCUT2D eigenvalue weighted by Crippen LogP contribution is -2.43. The van der Waals surface area contributed by atoms with Crippen LogP contribution in [0.5, 0.6) is 5.75 Å². The number of anilines is 2. The van der Waals surface area contributed by atoms with E-state index in [9.17, 15) is 4.79 Å². The standard InChI is InChI=1S/C18H22BrN5O2/c1-26-13-4-5-14(24-6-2-3-12(20)10-24)11(7-13)8-15(25)17-18(21)22-9-16(19)23-17/h4-5,7,9,12H,2-3,6,8,10,20H2,1H3,(H2,21,22). The summed E-state index contributed by atoms with van der Waals surface area (Å²) in [6, 6.07) is 5.90. The van der Waals surface area contributed by atoms with E-state index in [2.05, 4.69) is 30.8 Å². The van der Waals surface area contributed by atoms with Crippen LogP contribution in [0, 0.1) is 0 Å². The molecule has 0 radical (unpaired) electrons. The zero-order chi connectivity index (χ0) is 18.7. The zero-order valence-corrected chi connectivity index (χ0v) is 16.2. The minimum absolute atomic E-state index is 0.127. The van der Waals surface area contributed by atoms with Crippen LogP contribution in [-0.2, 0) is 6.42 Å². The Hall–Kier alpha value is -2.19. The maximum absolute atomic E-state index is 12.8. The molecule has 0 amide bonds. The molecule has 1 aliphatic heterocycles. The fourth-order valence-electron chi connectivity index (χ4n) is 3.21. The van der Waals surface area contributed by atoms with Crippen molar-refractivity contribution >= 4 is 33.2 Å². The lowest BCUT2D eigenvalue weighted by Gasteiger charge is -2.34. The summed E-state index contributed by atoms with van der Waals surface area (Å²) in [6.45, 7) is 1.69. The number of Topliss-reactive ketones (excluding diaryl/α,β-unsaturated/α-hetero) is 1. The van der Waals surface area contributed by atoms with Crippen LogP contribution >= 0.6 is 15.9 Å². The molecule has 1 aromatic heterocycles.